The zero-order chi connectivity index (χ0) is 17.8. The quantitative estimate of drug-likeness (QED) is 0.735. The molecule has 0 aromatic carbocycles. The first-order chi connectivity index (χ1) is 12.8. The van der Waals surface area contributed by atoms with Crippen LogP contribution in [0.5, 0.6) is 0 Å². The second-order valence-electron chi connectivity index (χ2n) is 6.44. The highest BCUT2D eigenvalue weighted by Crippen LogP contribution is 2.28. The first kappa shape index (κ1) is 16.7. The molecule has 0 saturated carbocycles. The monoisotopic (exact) mass is 349 g/mol. The number of pyridine rings is 1. The van der Waals surface area contributed by atoms with Gasteiger partial charge in [-0.1, -0.05) is 13.0 Å². The SMILES string of the molecule is CC[C@@H](Nc1nc(-c2ccco2)nc2c1CCNCC2)c1cccnc1. The molecule has 3 aromatic rings. The van der Waals surface area contributed by atoms with Crippen molar-refractivity contribution < 1.29 is 4.42 Å². The number of hydrogen-bond donors (Lipinski definition) is 2. The summed E-state index contributed by atoms with van der Waals surface area (Å²) < 4.78 is 5.53. The van der Waals surface area contributed by atoms with Gasteiger partial charge in [0.15, 0.2) is 11.6 Å². The fourth-order valence-electron chi connectivity index (χ4n) is 3.35. The second-order valence-corrected chi connectivity index (χ2v) is 6.44. The summed E-state index contributed by atoms with van der Waals surface area (Å²) in [6, 6.07) is 7.99. The first-order valence-corrected chi connectivity index (χ1v) is 9.16. The molecule has 134 valence electrons. The van der Waals surface area contributed by atoms with E-state index in [0.29, 0.717) is 11.6 Å². The molecule has 0 bridgehead atoms. The maximum absolute atomic E-state index is 5.53. The number of nitrogens with zero attached hydrogens (tertiary/aromatic N) is 3. The van der Waals surface area contributed by atoms with Crippen LogP contribution in [0.25, 0.3) is 11.6 Å². The van der Waals surface area contributed by atoms with Crippen molar-refractivity contribution in [2.24, 2.45) is 0 Å². The molecule has 0 unspecified atom stereocenters. The lowest BCUT2D eigenvalue weighted by molar-refractivity contribution is 0.576. The highest BCUT2D eigenvalue weighted by molar-refractivity contribution is 5.57. The van der Waals surface area contributed by atoms with Crippen molar-refractivity contribution in [2.75, 3.05) is 18.4 Å². The van der Waals surface area contributed by atoms with E-state index >= 15 is 0 Å². The second kappa shape index (κ2) is 7.66. The van der Waals surface area contributed by atoms with Gasteiger partial charge in [0, 0.05) is 30.9 Å². The van der Waals surface area contributed by atoms with Crippen molar-refractivity contribution in [3.05, 3.63) is 59.7 Å². The molecule has 6 heteroatoms. The largest absolute Gasteiger partial charge is 0.461 e. The molecule has 0 aliphatic carbocycles. The third-order valence-corrected chi connectivity index (χ3v) is 4.73. The Bertz CT molecular complexity index is 848. The molecule has 1 atom stereocenters. The van der Waals surface area contributed by atoms with E-state index < -0.39 is 0 Å². The molecular formula is C20H23N5O. The Balaban J connectivity index is 1.74. The van der Waals surface area contributed by atoms with Gasteiger partial charge in [-0.2, -0.15) is 0 Å². The lowest BCUT2D eigenvalue weighted by Crippen LogP contribution is -2.17. The summed E-state index contributed by atoms with van der Waals surface area (Å²) in [7, 11) is 0. The predicted molar refractivity (Wildman–Crippen MR) is 101 cm³/mol. The van der Waals surface area contributed by atoms with E-state index in [1.807, 2.05) is 24.4 Å². The van der Waals surface area contributed by atoms with Crippen molar-refractivity contribution in [1.82, 2.24) is 20.3 Å². The Morgan fingerprint density at radius 3 is 2.88 bits per heavy atom. The number of fused-ring (bicyclic) bond motifs is 1. The van der Waals surface area contributed by atoms with Gasteiger partial charge < -0.3 is 15.1 Å². The minimum Gasteiger partial charge on any atom is -0.461 e. The summed E-state index contributed by atoms with van der Waals surface area (Å²) in [6.07, 6.45) is 8.12. The zero-order valence-corrected chi connectivity index (χ0v) is 14.9. The lowest BCUT2D eigenvalue weighted by atomic mass is 10.0. The van der Waals surface area contributed by atoms with Crippen molar-refractivity contribution in [2.45, 2.75) is 32.2 Å². The zero-order valence-electron chi connectivity index (χ0n) is 14.9. The number of anilines is 1. The van der Waals surface area contributed by atoms with Crippen LogP contribution in [0.4, 0.5) is 5.82 Å². The molecule has 0 radical (unpaired) electrons. The first-order valence-electron chi connectivity index (χ1n) is 9.16. The van der Waals surface area contributed by atoms with E-state index in [9.17, 15) is 0 Å². The third kappa shape index (κ3) is 3.46. The Hall–Kier alpha value is -2.73. The van der Waals surface area contributed by atoms with Crippen LogP contribution in [0.15, 0.2) is 47.3 Å². The van der Waals surface area contributed by atoms with Gasteiger partial charge >= 0.3 is 0 Å². The van der Waals surface area contributed by atoms with E-state index in [-0.39, 0.29) is 6.04 Å². The van der Waals surface area contributed by atoms with Gasteiger partial charge in [0.1, 0.15) is 5.82 Å². The van der Waals surface area contributed by atoms with Crippen molar-refractivity contribution in [1.29, 1.82) is 0 Å². The van der Waals surface area contributed by atoms with E-state index in [1.54, 1.807) is 12.5 Å². The van der Waals surface area contributed by atoms with E-state index in [1.165, 1.54) is 5.56 Å². The van der Waals surface area contributed by atoms with E-state index in [4.69, 9.17) is 14.4 Å². The predicted octanol–water partition coefficient (Wildman–Crippen LogP) is 3.38. The molecule has 0 spiro atoms. The average Bonchev–Trinajstić information content (AvgIpc) is 3.12. The highest BCUT2D eigenvalue weighted by atomic mass is 16.3. The molecule has 0 saturated heterocycles. The molecule has 0 fully saturated rings. The van der Waals surface area contributed by atoms with Crippen molar-refractivity contribution >= 4 is 5.82 Å². The maximum Gasteiger partial charge on any atom is 0.197 e. The van der Waals surface area contributed by atoms with Gasteiger partial charge in [-0.15, -0.1) is 0 Å². The van der Waals surface area contributed by atoms with Crippen molar-refractivity contribution in [3.8, 4) is 11.6 Å². The molecule has 26 heavy (non-hydrogen) atoms. The van der Waals surface area contributed by atoms with Gasteiger partial charge in [0.25, 0.3) is 0 Å². The van der Waals surface area contributed by atoms with Crippen molar-refractivity contribution in [3.63, 3.8) is 0 Å². The summed E-state index contributed by atoms with van der Waals surface area (Å²) in [5, 5.41) is 7.09. The van der Waals surface area contributed by atoms with E-state index in [0.717, 1.165) is 49.4 Å². The molecular weight excluding hydrogens is 326 g/mol. The molecule has 6 nitrogen and oxygen atoms in total. The molecule has 1 aliphatic rings. The van der Waals surface area contributed by atoms with Crippen LogP contribution in [0.2, 0.25) is 0 Å². The topological polar surface area (TPSA) is 75.9 Å². The number of hydrogen-bond acceptors (Lipinski definition) is 6. The van der Waals surface area contributed by atoms with Crippen LogP contribution in [0, 0.1) is 0 Å². The van der Waals surface area contributed by atoms with Gasteiger partial charge in [-0.05, 0) is 43.1 Å². The average molecular weight is 349 g/mol. The normalized spacial score (nSPS) is 15.1. The Morgan fingerprint density at radius 1 is 1.19 bits per heavy atom. The summed E-state index contributed by atoms with van der Waals surface area (Å²) >= 11 is 0. The lowest BCUT2D eigenvalue weighted by Gasteiger charge is -2.21. The summed E-state index contributed by atoms with van der Waals surface area (Å²) in [6.45, 7) is 4.04. The van der Waals surface area contributed by atoms with Gasteiger partial charge in [-0.25, -0.2) is 9.97 Å². The number of nitrogens with one attached hydrogen (secondary N) is 2. The Kier molecular flexibility index (Phi) is 4.93. The minimum atomic E-state index is 0.156. The molecule has 0 amide bonds. The molecule has 1 aliphatic heterocycles. The summed E-state index contributed by atoms with van der Waals surface area (Å²) in [4.78, 5) is 13.9. The molecule has 3 aromatic heterocycles. The van der Waals surface area contributed by atoms with E-state index in [2.05, 4.69) is 28.6 Å². The van der Waals surface area contributed by atoms with Crippen LogP contribution in [0.1, 0.15) is 36.2 Å². The fraction of sp³-hybridized carbons (Fsp3) is 0.350. The summed E-state index contributed by atoms with van der Waals surface area (Å²) in [5.74, 6) is 2.24. The Labute approximate surface area is 153 Å². The van der Waals surface area contributed by atoms with Crippen LogP contribution in [-0.2, 0) is 12.8 Å². The minimum absolute atomic E-state index is 0.156. The molecule has 4 heterocycles. The van der Waals surface area contributed by atoms with Gasteiger partial charge in [0.2, 0.25) is 0 Å². The van der Waals surface area contributed by atoms with Crippen LogP contribution in [0.3, 0.4) is 0 Å². The number of rotatable bonds is 5. The molecule has 4 rings (SSSR count). The van der Waals surface area contributed by atoms with Crippen LogP contribution < -0.4 is 10.6 Å². The smallest absolute Gasteiger partial charge is 0.197 e. The third-order valence-electron chi connectivity index (χ3n) is 4.73. The van der Waals surface area contributed by atoms with Gasteiger partial charge in [-0.3, -0.25) is 4.98 Å². The van der Waals surface area contributed by atoms with Gasteiger partial charge in [0.05, 0.1) is 18.0 Å². The maximum atomic E-state index is 5.53. The standard InChI is InChI=1S/C20H23N5O/c1-2-16(14-5-3-9-22-13-14)23-19-15-7-10-21-11-8-17(15)24-20(25-19)18-6-4-12-26-18/h3-6,9,12-13,16,21H,2,7-8,10-11H2,1H3,(H,23,24,25)/t16-/m1/s1. The highest BCUT2D eigenvalue weighted by Gasteiger charge is 2.20. The van der Waals surface area contributed by atoms with Crippen LogP contribution >= 0.6 is 0 Å². The Morgan fingerprint density at radius 2 is 2.12 bits per heavy atom. The van der Waals surface area contributed by atoms with Crippen LogP contribution in [-0.4, -0.2) is 28.0 Å². The molecule has 2 N–H and O–H groups in total. The number of aromatic nitrogens is 3. The fourth-order valence-corrected chi connectivity index (χ4v) is 3.35. The summed E-state index contributed by atoms with van der Waals surface area (Å²) in [5.41, 5.74) is 3.46. The number of furan rings is 1.